The standard InChI is InChI=1S/C26H35N7OS/c1-6-24(34)29-19-7-9-20(10-8-19)35-25-31-22(30-21(28)15-17(2)27)16-23(32-25)33-13-11-18(12-14-33)26(3,4)5/h7-11,15-16,27H,6,12-14,28H2,1-5H3,(H,29,34)(H,30,31,32)/b21-15+,27-17?. The molecule has 1 amide bonds. The van der Waals surface area contributed by atoms with E-state index in [2.05, 4.69) is 47.4 Å². The number of carbonyl (C=O) groups is 1. The van der Waals surface area contributed by atoms with Crippen molar-refractivity contribution < 1.29 is 4.79 Å². The van der Waals surface area contributed by atoms with E-state index in [0.29, 0.717) is 28.9 Å². The van der Waals surface area contributed by atoms with Gasteiger partial charge in [-0.15, -0.1) is 0 Å². The molecule has 0 bridgehead atoms. The van der Waals surface area contributed by atoms with E-state index in [4.69, 9.17) is 16.1 Å². The molecular formula is C26H35N7OS. The minimum absolute atomic E-state index is 0.0202. The number of hydrogen-bond donors (Lipinski definition) is 4. The van der Waals surface area contributed by atoms with Crippen LogP contribution in [-0.4, -0.2) is 34.7 Å². The van der Waals surface area contributed by atoms with E-state index in [1.807, 2.05) is 37.3 Å². The van der Waals surface area contributed by atoms with Crippen LogP contribution in [0.15, 0.2) is 63.9 Å². The molecule has 1 aromatic heterocycles. The van der Waals surface area contributed by atoms with Gasteiger partial charge in [-0.1, -0.05) is 39.3 Å². The van der Waals surface area contributed by atoms with E-state index >= 15 is 0 Å². The summed E-state index contributed by atoms with van der Waals surface area (Å²) < 4.78 is 0. The van der Waals surface area contributed by atoms with E-state index in [9.17, 15) is 4.79 Å². The molecule has 0 spiro atoms. The molecule has 8 nitrogen and oxygen atoms in total. The van der Waals surface area contributed by atoms with Crippen molar-refractivity contribution in [3.05, 3.63) is 53.9 Å². The Bertz CT molecular complexity index is 1130. The molecule has 9 heteroatoms. The summed E-state index contributed by atoms with van der Waals surface area (Å²) in [5, 5.41) is 14.2. The number of hydrogen-bond acceptors (Lipinski definition) is 8. The summed E-state index contributed by atoms with van der Waals surface area (Å²) in [6.45, 7) is 11.9. The molecule has 2 heterocycles. The zero-order valence-electron chi connectivity index (χ0n) is 21.1. The summed E-state index contributed by atoms with van der Waals surface area (Å²) in [5.41, 5.74) is 8.79. The summed E-state index contributed by atoms with van der Waals surface area (Å²) >= 11 is 1.44. The topological polar surface area (TPSA) is 120 Å². The normalized spacial score (nSPS) is 14.4. The molecule has 2 aromatic rings. The fourth-order valence-electron chi connectivity index (χ4n) is 3.62. The molecule has 1 aromatic carbocycles. The minimum Gasteiger partial charge on any atom is -0.385 e. The van der Waals surface area contributed by atoms with Crippen LogP contribution in [0.3, 0.4) is 0 Å². The van der Waals surface area contributed by atoms with Gasteiger partial charge >= 0.3 is 0 Å². The Kier molecular flexibility index (Phi) is 8.56. The summed E-state index contributed by atoms with van der Waals surface area (Å²) in [7, 11) is 0. The lowest BCUT2D eigenvalue weighted by Gasteiger charge is -2.33. The van der Waals surface area contributed by atoms with E-state index < -0.39 is 0 Å². The van der Waals surface area contributed by atoms with Gasteiger partial charge in [0.2, 0.25) is 5.91 Å². The first-order chi connectivity index (χ1) is 16.5. The van der Waals surface area contributed by atoms with Gasteiger partial charge in [0.05, 0.1) is 0 Å². The van der Waals surface area contributed by atoms with E-state index in [-0.39, 0.29) is 11.3 Å². The van der Waals surface area contributed by atoms with Gasteiger partial charge in [-0.05, 0) is 60.9 Å². The van der Waals surface area contributed by atoms with Crippen LogP contribution < -0.4 is 21.3 Å². The van der Waals surface area contributed by atoms with E-state index in [1.165, 1.54) is 17.3 Å². The average Bonchev–Trinajstić information content (AvgIpc) is 2.79. The van der Waals surface area contributed by atoms with Crippen molar-refractivity contribution in [3.63, 3.8) is 0 Å². The fraction of sp³-hybridized carbons (Fsp3) is 0.385. The smallest absolute Gasteiger partial charge is 0.224 e. The van der Waals surface area contributed by atoms with Crippen LogP contribution in [-0.2, 0) is 4.79 Å². The molecule has 0 fully saturated rings. The van der Waals surface area contributed by atoms with Gasteiger partial charge < -0.3 is 26.7 Å². The zero-order valence-corrected chi connectivity index (χ0v) is 21.9. The van der Waals surface area contributed by atoms with Crippen molar-refractivity contribution >= 4 is 40.7 Å². The molecule has 1 aliphatic rings. The number of allylic oxidation sites excluding steroid dienone is 1. The number of benzene rings is 1. The largest absolute Gasteiger partial charge is 0.385 e. The lowest BCUT2D eigenvalue weighted by Crippen LogP contribution is -2.32. The molecule has 0 atom stereocenters. The third kappa shape index (κ3) is 7.85. The van der Waals surface area contributed by atoms with Crippen molar-refractivity contribution in [1.82, 2.24) is 9.97 Å². The highest BCUT2D eigenvalue weighted by Crippen LogP contribution is 2.33. The Labute approximate surface area is 212 Å². The number of nitrogens with one attached hydrogen (secondary N) is 3. The number of nitrogens with two attached hydrogens (primary N) is 1. The van der Waals surface area contributed by atoms with Crippen LogP contribution in [0, 0.1) is 10.8 Å². The number of aromatic nitrogens is 2. The highest BCUT2D eigenvalue weighted by Gasteiger charge is 2.22. The Balaban J connectivity index is 1.86. The monoisotopic (exact) mass is 493 g/mol. The van der Waals surface area contributed by atoms with Gasteiger partial charge in [0, 0.05) is 41.9 Å². The van der Waals surface area contributed by atoms with Crippen molar-refractivity contribution in [2.24, 2.45) is 11.1 Å². The van der Waals surface area contributed by atoms with Crippen LogP contribution in [0.2, 0.25) is 0 Å². The first-order valence-corrected chi connectivity index (χ1v) is 12.6. The summed E-state index contributed by atoms with van der Waals surface area (Å²) in [5.74, 6) is 1.72. The second-order valence-corrected chi connectivity index (χ2v) is 10.5. The number of anilines is 3. The lowest BCUT2D eigenvalue weighted by atomic mass is 9.83. The first kappa shape index (κ1) is 26.3. The van der Waals surface area contributed by atoms with Crippen LogP contribution in [0.1, 0.15) is 47.5 Å². The molecular weight excluding hydrogens is 458 g/mol. The highest BCUT2D eigenvalue weighted by molar-refractivity contribution is 7.99. The molecule has 0 radical (unpaired) electrons. The SMILES string of the molecule is CCC(=O)Nc1ccc(Sc2nc(N/C(N)=C/C(C)=N)cc(N3CC=C(C(C)(C)C)CC3)n2)cc1. The number of carbonyl (C=O) groups excluding carboxylic acids is 1. The van der Waals surface area contributed by atoms with Crippen LogP contribution in [0.25, 0.3) is 0 Å². The summed E-state index contributed by atoms with van der Waals surface area (Å²) in [4.78, 5) is 24.3. The molecule has 0 aliphatic carbocycles. The van der Waals surface area contributed by atoms with Crippen LogP contribution >= 0.6 is 11.8 Å². The van der Waals surface area contributed by atoms with Crippen molar-refractivity contribution in [3.8, 4) is 0 Å². The summed E-state index contributed by atoms with van der Waals surface area (Å²) in [6.07, 6.45) is 5.27. The van der Waals surface area contributed by atoms with Gasteiger partial charge in [-0.2, -0.15) is 0 Å². The molecule has 3 rings (SSSR count). The molecule has 186 valence electrons. The van der Waals surface area contributed by atoms with Crippen LogP contribution in [0.4, 0.5) is 17.3 Å². The molecule has 35 heavy (non-hydrogen) atoms. The lowest BCUT2D eigenvalue weighted by molar-refractivity contribution is -0.115. The van der Waals surface area contributed by atoms with Crippen molar-refractivity contribution in [2.45, 2.75) is 57.5 Å². The predicted octanol–water partition coefficient (Wildman–Crippen LogP) is 5.41. The zero-order chi connectivity index (χ0) is 25.6. The fourth-order valence-corrected chi connectivity index (χ4v) is 4.39. The predicted molar refractivity (Wildman–Crippen MR) is 145 cm³/mol. The molecule has 1 aliphatic heterocycles. The Morgan fingerprint density at radius 1 is 1.23 bits per heavy atom. The maximum Gasteiger partial charge on any atom is 0.224 e. The average molecular weight is 494 g/mol. The maximum absolute atomic E-state index is 11.6. The van der Waals surface area contributed by atoms with Gasteiger partial charge in [-0.25, -0.2) is 9.97 Å². The Hall–Kier alpha value is -3.33. The van der Waals surface area contributed by atoms with Gasteiger partial charge in [0.1, 0.15) is 17.5 Å². The van der Waals surface area contributed by atoms with Gasteiger partial charge in [0.25, 0.3) is 0 Å². The van der Waals surface area contributed by atoms with Crippen LogP contribution in [0.5, 0.6) is 0 Å². The van der Waals surface area contributed by atoms with E-state index in [1.54, 1.807) is 13.0 Å². The molecule has 0 unspecified atom stereocenters. The summed E-state index contributed by atoms with van der Waals surface area (Å²) in [6, 6.07) is 9.51. The highest BCUT2D eigenvalue weighted by atomic mass is 32.2. The number of rotatable bonds is 8. The van der Waals surface area contributed by atoms with Crippen molar-refractivity contribution in [1.29, 1.82) is 5.41 Å². The Morgan fingerprint density at radius 3 is 2.51 bits per heavy atom. The Morgan fingerprint density at radius 2 is 1.94 bits per heavy atom. The quantitative estimate of drug-likeness (QED) is 0.220. The molecule has 0 saturated carbocycles. The third-order valence-electron chi connectivity index (χ3n) is 5.50. The second-order valence-electron chi connectivity index (χ2n) is 9.51. The van der Waals surface area contributed by atoms with Gasteiger partial charge in [0.15, 0.2) is 5.16 Å². The molecule has 0 saturated heterocycles. The third-order valence-corrected chi connectivity index (χ3v) is 6.37. The van der Waals surface area contributed by atoms with E-state index in [0.717, 1.165) is 35.9 Å². The second kappa shape index (κ2) is 11.4. The van der Waals surface area contributed by atoms with Gasteiger partial charge in [-0.3, -0.25) is 4.79 Å². The number of nitrogens with zero attached hydrogens (tertiary/aromatic N) is 3. The number of amides is 1. The minimum atomic E-state index is -0.0202. The first-order valence-electron chi connectivity index (χ1n) is 11.7. The molecule has 5 N–H and O–H groups in total. The van der Waals surface area contributed by atoms with Crippen molar-refractivity contribution in [2.75, 3.05) is 28.6 Å². The maximum atomic E-state index is 11.6.